The van der Waals surface area contributed by atoms with Crippen molar-refractivity contribution < 1.29 is 9.84 Å². The van der Waals surface area contributed by atoms with Gasteiger partial charge in [0.1, 0.15) is 29.3 Å². The molecule has 0 amide bonds. The molecule has 178 valence electrons. The van der Waals surface area contributed by atoms with Crippen LogP contribution in [0.1, 0.15) is 46.0 Å². The highest BCUT2D eigenvalue weighted by Gasteiger charge is 2.50. The van der Waals surface area contributed by atoms with Crippen LogP contribution in [0.5, 0.6) is 11.6 Å². The number of hydrogen-bond acceptors (Lipinski definition) is 6. The van der Waals surface area contributed by atoms with Crippen LogP contribution < -0.4 is 9.64 Å². The number of aromatic hydroxyl groups is 1. The molecule has 2 aliphatic rings. The van der Waals surface area contributed by atoms with Gasteiger partial charge in [0, 0.05) is 30.9 Å². The molecule has 0 spiro atoms. The zero-order valence-electron chi connectivity index (χ0n) is 21.1. The zero-order chi connectivity index (χ0) is 25.7. The summed E-state index contributed by atoms with van der Waals surface area (Å²) in [6.07, 6.45) is 7.89. The van der Waals surface area contributed by atoms with Gasteiger partial charge in [0.15, 0.2) is 5.82 Å². The Bertz CT molecular complexity index is 1250. The van der Waals surface area contributed by atoms with Crippen molar-refractivity contribution in [1.82, 2.24) is 15.2 Å². The first kappa shape index (κ1) is 24.7. The Morgan fingerprint density at radius 1 is 0.972 bits per heavy atom. The van der Waals surface area contributed by atoms with E-state index in [1.807, 2.05) is 24.3 Å². The van der Waals surface area contributed by atoms with Crippen molar-refractivity contribution in [2.24, 2.45) is 10.8 Å². The number of hydrogen-bond donors (Lipinski definition) is 1. The summed E-state index contributed by atoms with van der Waals surface area (Å²) in [4.78, 5) is 6.35. The molecule has 2 heterocycles. The van der Waals surface area contributed by atoms with E-state index in [-0.39, 0.29) is 11.6 Å². The largest absolute Gasteiger partial charge is 0.507 e. The van der Waals surface area contributed by atoms with E-state index in [0.717, 1.165) is 16.9 Å². The van der Waals surface area contributed by atoms with Crippen LogP contribution in [0.25, 0.3) is 22.4 Å². The van der Waals surface area contributed by atoms with E-state index < -0.39 is 5.30 Å². The van der Waals surface area contributed by atoms with Crippen molar-refractivity contribution in [3.63, 3.8) is 0 Å². The predicted octanol–water partition coefficient (Wildman–Crippen LogP) is 4.20. The number of phenolic OH excluding ortho intramolecular Hbond substituents is 1. The second-order valence-corrected chi connectivity index (χ2v) is 11.3. The number of aromatic nitrogens is 3. The molecule has 2 aromatic heterocycles. The lowest BCUT2D eigenvalue weighted by molar-refractivity contribution is 0.148. The lowest BCUT2D eigenvalue weighted by Gasteiger charge is -2.44. The molecule has 2 fully saturated rings. The highest BCUT2D eigenvalue weighted by atomic mass is 16.5. The fourth-order valence-corrected chi connectivity index (χ4v) is 6.24. The summed E-state index contributed by atoms with van der Waals surface area (Å²) in [5, 5.41) is 17.9. The molecule has 3 aromatic rings. The highest BCUT2D eigenvalue weighted by molar-refractivity contribution is 6.58. The second kappa shape index (κ2) is 8.86. The number of pyridine rings is 1. The topological polar surface area (TPSA) is 71.4 Å². The number of benzene rings is 1. The summed E-state index contributed by atoms with van der Waals surface area (Å²) in [5.41, 5.74) is 3.59. The van der Waals surface area contributed by atoms with Crippen LogP contribution >= 0.6 is 0 Å². The number of fused-ring (bicyclic) bond motifs is 2. The maximum absolute atomic E-state index is 10.8. The molecular formula is C27H29B3N4O2. The van der Waals surface area contributed by atoms with Gasteiger partial charge >= 0.3 is 0 Å². The normalized spacial score (nSPS) is 25.5. The van der Waals surface area contributed by atoms with Gasteiger partial charge in [-0.05, 0) is 89.7 Å². The van der Waals surface area contributed by atoms with Gasteiger partial charge in [-0.1, -0.05) is 19.9 Å². The van der Waals surface area contributed by atoms with E-state index in [0.29, 0.717) is 28.1 Å². The van der Waals surface area contributed by atoms with Crippen LogP contribution in [0.15, 0.2) is 48.7 Å². The van der Waals surface area contributed by atoms with E-state index in [2.05, 4.69) is 41.0 Å². The van der Waals surface area contributed by atoms with Crippen molar-refractivity contribution in [2.75, 3.05) is 11.9 Å². The first-order chi connectivity index (χ1) is 16.9. The van der Waals surface area contributed by atoms with Crippen LogP contribution in [0, 0.1) is 10.8 Å². The van der Waals surface area contributed by atoms with Gasteiger partial charge in [0.2, 0.25) is 5.88 Å². The summed E-state index contributed by atoms with van der Waals surface area (Å²) < 4.78 is 5.22. The van der Waals surface area contributed by atoms with Gasteiger partial charge in [0.05, 0.1) is 5.69 Å². The van der Waals surface area contributed by atoms with Gasteiger partial charge in [-0.15, -0.1) is 10.2 Å². The third kappa shape index (κ3) is 5.11. The average molecular weight is 474 g/mol. The maximum atomic E-state index is 10.8. The zero-order valence-corrected chi connectivity index (χ0v) is 21.1. The molecule has 2 saturated carbocycles. The number of rotatable bonds is 6. The Morgan fingerprint density at radius 2 is 1.67 bits per heavy atom. The molecule has 36 heavy (non-hydrogen) atoms. The molecule has 0 aliphatic heterocycles. The van der Waals surface area contributed by atoms with E-state index in [1.165, 1.54) is 32.1 Å². The van der Waals surface area contributed by atoms with E-state index >= 15 is 0 Å². The molecule has 1 N–H and O–H groups in total. The van der Waals surface area contributed by atoms with Crippen LogP contribution in [0.2, 0.25) is 0 Å². The predicted molar refractivity (Wildman–Crippen MR) is 144 cm³/mol. The molecule has 6 radical (unpaired) electrons. The Hall–Kier alpha value is -2.96. The van der Waals surface area contributed by atoms with Crippen LogP contribution in [-0.4, -0.2) is 62.2 Å². The number of nitrogens with zero attached hydrogens (tertiary/aromatic N) is 4. The monoisotopic (exact) mass is 474 g/mol. The molecule has 9 heteroatoms. The van der Waals surface area contributed by atoms with Gasteiger partial charge in [0.25, 0.3) is 0 Å². The first-order valence-electron chi connectivity index (χ1n) is 12.3. The average Bonchev–Trinajstić information content (AvgIpc) is 3.04. The summed E-state index contributed by atoms with van der Waals surface area (Å²) in [5.74, 6) is 1.13. The number of ether oxygens (including phenoxy) is 1. The lowest BCUT2D eigenvalue weighted by atomic mass is 9.52. The van der Waals surface area contributed by atoms with Gasteiger partial charge < -0.3 is 14.7 Å². The van der Waals surface area contributed by atoms with E-state index in [4.69, 9.17) is 28.3 Å². The fraction of sp³-hybridized carbons (Fsp3) is 0.444. The van der Waals surface area contributed by atoms with Crippen molar-refractivity contribution in [3.05, 3.63) is 48.7 Å². The van der Waals surface area contributed by atoms with Crippen molar-refractivity contribution in [1.29, 1.82) is 0 Å². The van der Waals surface area contributed by atoms with E-state index in [9.17, 15) is 5.11 Å². The van der Waals surface area contributed by atoms with Crippen molar-refractivity contribution >= 4 is 29.4 Å². The van der Waals surface area contributed by atoms with Gasteiger partial charge in [-0.3, -0.25) is 0 Å². The maximum Gasteiger partial charge on any atom is 0.212 e. The number of anilines is 1. The minimum atomic E-state index is -1.83. The summed E-state index contributed by atoms with van der Waals surface area (Å²) in [7, 11) is 18.6. The minimum absolute atomic E-state index is 0.0951. The van der Waals surface area contributed by atoms with Gasteiger partial charge in [-0.2, -0.15) is 0 Å². The quantitative estimate of drug-likeness (QED) is 0.541. The highest BCUT2D eigenvalue weighted by Crippen LogP contribution is 2.58. The third-order valence-electron chi connectivity index (χ3n) is 7.83. The summed E-state index contributed by atoms with van der Waals surface area (Å²) in [6.45, 7) is 4.86. The standard InChI is InChI=1S/C27H29B3N4O2/c1-25-9-10-26(2,16-25)15-19(14-25)34(3)23-7-6-21(32-33-23)20-5-4-17(12-22(20)35)18-8-11-31-24(13-18)36-27(28,29)30/h4-8,11-13,19,35H,9-10,14-16H2,1-3H3/t19?,25-,26+. The summed E-state index contributed by atoms with van der Waals surface area (Å²) in [6, 6.07) is 13.2. The third-order valence-corrected chi connectivity index (χ3v) is 7.83. The lowest BCUT2D eigenvalue weighted by Crippen LogP contribution is -2.42. The first-order valence-corrected chi connectivity index (χ1v) is 12.3. The minimum Gasteiger partial charge on any atom is -0.507 e. The van der Waals surface area contributed by atoms with Crippen molar-refractivity contribution in [3.8, 4) is 34.0 Å². The molecule has 5 rings (SSSR count). The van der Waals surface area contributed by atoms with E-state index in [1.54, 1.807) is 24.4 Å². The molecule has 2 aliphatic carbocycles. The molecule has 2 bridgehead atoms. The SMILES string of the molecule is [B]C([B])([B])Oc1cc(-c2ccc(-c3ccc(N(C)C4C[C@]5(C)CC[C@](C)(C4)C5)nn3)c(O)c2)ccn1. The Morgan fingerprint density at radius 3 is 2.28 bits per heavy atom. The van der Waals surface area contributed by atoms with Crippen LogP contribution in [0.3, 0.4) is 0 Å². The Labute approximate surface area is 217 Å². The number of phenols is 1. The Kier molecular flexibility index (Phi) is 6.08. The smallest absolute Gasteiger partial charge is 0.212 e. The fourth-order valence-electron chi connectivity index (χ4n) is 6.24. The molecule has 1 aromatic carbocycles. The van der Waals surface area contributed by atoms with Crippen LogP contribution in [0.4, 0.5) is 5.82 Å². The van der Waals surface area contributed by atoms with Crippen LogP contribution in [-0.2, 0) is 0 Å². The second-order valence-electron chi connectivity index (χ2n) is 11.3. The molecular weight excluding hydrogens is 445 g/mol. The molecule has 6 nitrogen and oxygen atoms in total. The Balaban J connectivity index is 1.33. The van der Waals surface area contributed by atoms with Gasteiger partial charge in [-0.25, -0.2) is 4.98 Å². The molecule has 3 atom stereocenters. The van der Waals surface area contributed by atoms with Crippen molar-refractivity contribution in [2.45, 2.75) is 57.3 Å². The molecule has 1 unspecified atom stereocenters. The summed E-state index contributed by atoms with van der Waals surface area (Å²) >= 11 is 0. The molecule has 0 saturated heterocycles.